The van der Waals surface area contributed by atoms with E-state index < -0.39 is 0 Å². The lowest BCUT2D eigenvalue weighted by Gasteiger charge is -2.16. The van der Waals surface area contributed by atoms with Crippen LogP contribution in [0.3, 0.4) is 0 Å². The van der Waals surface area contributed by atoms with E-state index in [-0.39, 0.29) is 5.91 Å². The summed E-state index contributed by atoms with van der Waals surface area (Å²) in [7, 11) is 0. The van der Waals surface area contributed by atoms with Crippen molar-refractivity contribution in [1.82, 2.24) is 14.9 Å². The summed E-state index contributed by atoms with van der Waals surface area (Å²) in [5.74, 6) is 0.378. The van der Waals surface area contributed by atoms with Crippen LogP contribution in [0.2, 0.25) is 0 Å². The molecule has 1 aliphatic heterocycles. The third-order valence-electron chi connectivity index (χ3n) is 5.00. The number of nitrogens with zero attached hydrogens (tertiary/aromatic N) is 2. The fourth-order valence-electron chi connectivity index (χ4n) is 3.81. The van der Waals surface area contributed by atoms with Crippen molar-refractivity contribution in [1.29, 1.82) is 0 Å². The van der Waals surface area contributed by atoms with Gasteiger partial charge in [0.15, 0.2) is 12.1 Å². The average Bonchev–Trinajstić information content (AvgIpc) is 3.13. The van der Waals surface area contributed by atoms with E-state index in [2.05, 4.69) is 40.0 Å². The molecule has 0 atom stereocenters. The Labute approximate surface area is 140 Å². The van der Waals surface area contributed by atoms with Gasteiger partial charge in [0, 0.05) is 24.2 Å². The molecule has 0 spiro atoms. The number of hydrogen-bond acceptors (Lipinski definition) is 3. The van der Waals surface area contributed by atoms with Crippen molar-refractivity contribution in [2.24, 2.45) is 0 Å². The van der Waals surface area contributed by atoms with E-state index in [0.717, 1.165) is 19.4 Å². The van der Waals surface area contributed by atoms with Gasteiger partial charge in [-0.25, -0.2) is 4.98 Å². The standard InChI is InChI=1S/C19H21N3O2/c1-12-15(8-9-20-19(23)17-13(2)24-11-21-17)16-7-3-5-14-6-4-10-22(12)18(14)16/h3,5,7,11H,4,6,8-10H2,1-2H3,(H,20,23). The van der Waals surface area contributed by atoms with Crippen molar-refractivity contribution in [2.75, 3.05) is 6.54 Å². The number of amides is 1. The number of aryl methyl sites for hydroxylation is 3. The zero-order valence-electron chi connectivity index (χ0n) is 14.1. The van der Waals surface area contributed by atoms with Gasteiger partial charge in [0.2, 0.25) is 0 Å². The van der Waals surface area contributed by atoms with Crippen LogP contribution in [0.4, 0.5) is 0 Å². The lowest BCUT2D eigenvalue weighted by molar-refractivity contribution is 0.0948. The quantitative estimate of drug-likeness (QED) is 0.802. The second-order valence-corrected chi connectivity index (χ2v) is 6.40. The normalized spacial score (nSPS) is 13.4. The zero-order chi connectivity index (χ0) is 16.7. The second kappa shape index (κ2) is 5.82. The second-order valence-electron chi connectivity index (χ2n) is 6.40. The van der Waals surface area contributed by atoms with Crippen LogP contribution in [0.1, 0.15) is 39.5 Å². The van der Waals surface area contributed by atoms with Crippen molar-refractivity contribution in [3.05, 3.63) is 52.9 Å². The van der Waals surface area contributed by atoms with Gasteiger partial charge in [0.25, 0.3) is 5.91 Å². The molecule has 4 rings (SSSR count). The Morgan fingerprint density at radius 2 is 2.25 bits per heavy atom. The predicted octanol–water partition coefficient (Wildman–Crippen LogP) is 3.16. The van der Waals surface area contributed by atoms with Gasteiger partial charge in [-0.1, -0.05) is 18.2 Å². The summed E-state index contributed by atoms with van der Waals surface area (Å²) in [5.41, 5.74) is 5.86. The molecule has 1 N–H and O–H groups in total. The van der Waals surface area contributed by atoms with Gasteiger partial charge < -0.3 is 14.3 Å². The molecule has 5 heteroatoms. The third-order valence-corrected chi connectivity index (χ3v) is 5.00. The molecular formula is C19H21N3O2. The predicted molar refractivity (Wildman–Crippen MR) is 92.3 cm³/mol. The van der Waals surface area contributed by atoms with E-state index in [4.69, 9.17) is 4.42 Å². The molecule has 0 unspecified atom stereocenters. The fraction of sp³-hybridized carbons (Fsp3) is 0.368. The van der Waals surface area contributed by atoms with Crippen LogP contribution in [0, 0.1) is 13.8 Å². The molecule has 2 aromatic heterocycles. The summed E-state index contributed by atoms with van der Waals surface area (Å²) >= 11 is 0. The molecule has 0 saturated heterocycles. The molecule has 0 aliphatic carbocycles. The van der Waals surface area contributed by atoms with Crippen molar-refractivity contribution >= 4 is 16.8 Å². The molecule has 1 aliphatic rings. The summed E-state index contributed by atoms with van der Waals surface area (Å²) in [6.07, 6.45) is 4.48. The highest BCUT2D eigenvalue weighted by molar-refractivity contribution is 5.93. The maximum Gasteiger partial charge on any atom is 0.273 e. The Balaban J connectivity index is 1.56. The highest BCUT2D eigenvalue weighted by atomic mass is 16.3. The molecular weight excluding hydrogens is 302 g/mol. The highest BCUT2D eigenvalue weighted by Gasteiger charge is 2.19. The van der Waals surface area contributed by atoms with Gasteiger partial charge >= 0.3 is 0 Å². The number of hydrogen-bond donors (Lipinski definition) is 1. The van der Waals surface area contributed by atoms with E-state index >= 15 is 0 Å². The maximum atomic E-state index is 12.2. The van der Waals surface area contributed by atoms with E-state index in [0.29, 0.717) is 18.0 Å². The maximum absolute atomic E-state index is 12.2. The molecule has 1 aromatic carbocycles. The Bertz CT molecular complexity index is 920. The monoisotopic (exact) mass is 323 g/mol. The van der Waals surface area contributed by atoms with E-state index in [1.165, 1.54) is 40.5 Å². The van der Waals surface area contributed by atoms with Crippen molar-refractivity contribution in [3.8, 4) is 0 Å². The molecule has 0 saturated carbocycles. The van der Waals surface area contributed by atoms with Crippen LogP contribution in [-0.4, -0.2) is 22.0 Å². The largest absolute Gasteiger partial charge is 0.448 e. The van der Waals surface area contributed by atoms with Crippen LogP contribution in [-0.2, 0) is 19.4 Å². The number of benzene rings is 1. The molecule has 1 amide bonds. The number of para-hydroxylation sites is 1. The van der Waals surface area contributed by atoms with Crippen LogP contribution >= 0.6 is 0 Å². The van der Waals surface area contributed by atoms with E-state index in [9.17, 15) is 4.79 Å². The fourth-order valence-corrected chi connectivity index (χ4v) is 3.81. The first-order valence-electron chi connectivity index (χ1n) is 8.44. The lowest BCUT2D eigenvalue weighted by atomic mass is 10.0. The molecule has 0 bridgehead atoms. The van der Waals surface area contributed by atoms with E-state index in [1.807, 2.05) is 0 Å². The van der Waals surface area contributed by atoms with Gasteiger partial charge in [-0.15, -0.1) is 0 Å². The molecule has 0 radical (unpaired) electrons. The summed E-state index contributed by atoms with van der Waals surface area (Å²) in [5, 5.41) is 4.28. The summed E-state index contributed by atoms with van der Waals surface area (Å²) < 4.78 is 7.53. The molecule has 24 heavy (non-hydrogen) atoms. The minimum absolute atomic E-state index is 0.173. The smallest absolute Gasteiger partial charge is 0.273 e. The highest BCUT2D eigenvalue weighted by Crippen LogP contribution is 2.32. The van der Waals surface area contributed by atoms with Gasteiger partial charge in [0.05, 0.1) is 5.52 Å². The molecule has 3 heterocycles. The first kappa shape index (κ1) is 15.0. The van der Waals surface area contributed by atoms with Crippen molar-refractivity contribution < 1.29 is 9.21 Å². The average molecular weight is 323 g/mol. The summed E-state index contributed by atoms with van der Waals surface area (Å²) in [4.78, 5) is 16.1. The van der Waals surface area contributed by atoms with Crippen LogP contribution in [0.5, 0.6) is 0 Å². The van der Waals surface area contributed by atoms with Gasteiger partial charge in [-0.2, -0.15) is 0 Å². The summed E-state index contributed by atoms with van der Waals surface area (Å²) in [6, 6.07) is 6.58. The van der Waals surface area contributed by atoms with Crippen molar-refractivity contribution in [2.45, 2.75) is 39.7 Å². The van der Waals surface area contributed by atoms with Gasteiger partial charge in [-0.05, 0) is 44.2 Å². The molecule has 3 aromatic rings. The molecule has 124 valence electrons. The Morgan fingerprint density at radius 1 is 1.38 bits per heavy atom. The van der Waals surface area contributed by atoms with Crippen LogP contribution < -0.4 is 5.32 Å². The molecule has 5 nitrogen and oxygen atoms in total. The third kappa shape index (κ3) is 2.31. The Kier molecular flexibility index (Phi) is 3.63. The lowest BCUT2D eigenvalue weighted by Crippen LogP contribution is -2.26. The van der Waals surface area contributed by atoms with Gasteiger partial charge in [-0.3, -0.25) is 4.79 Å². The number of carbonyl (C=O) groups excluding carboxylic acids is 1. The SMILES string of the molecule is Cc1ocnc1C(=O)NCCc1c(C)n2c3c(cccc13)CCC2. The zero-order valence-corrected chi connectivity index (χ0v) is 14.1. The topological polar surface area (TPSA) is 60.1 Å². The number of rotatable bonds is 4. The van der Waals surface area contributed by atoms with Gasteiger partial charge in [0.1, 0.15) is 5.76 Å². The molecule has 0 fully saturated rings. The number of carbonyl (C=O) groups is 1. The minimum Gasteiger partial charge on any atom is -0.448 e. The number of nitrogens with one attached hydrogen (secondary N) is 1. The van der Waals surface area contributed by atoms with Crippen LogP contribution in [0.25, 0.3) is 10.9 Å². The first-order chi connectivity index (χ1) is 11.7. The first-order valence-corrected chi connectivity index (χ1v) is 8.44. The van der Waals surface area contributed by atoms with Crippen molar-refractivity contribution in [3.63, 3.8) is 0 Å². The van der Waals surface area contributed by atoms with Crippen LogP contribution in [0.15, 0.2) is 29.0 Å². The minimum atomic E-state index is -0.173. The Hall–Kier alpha value is -2.56. The Morgan fingerprint density at radius 3 is 3.04 bits per heavy atom. The van der Waals surface area contributed by atoms with E-state index in [1.54, 1.807) is 6.92 Å². The summed E-state index contributed by atoms with van der Waals surface area (Å²) in [6.45, 7) is 5.61. The number of aromatic nitrogens is 2. The number of oxazole rings is 1.